The maximum atomic E-state index is 11.9. The molecule has 1 fully saturated rings. The minimum Gasteiger partial charge on any atom is -0.375 e. The van der Waals surface area contributed by atoms with E-state index < -0.39 is 0 Å². The Bertz CT molecular complexity index is 678. The first kappa shape index (κ1) is 16.1. The molecule has 3 heterocycles. The summed E-state index contributed by atoms with van der Waals surface area (Å²) in [6.07, 6.45) is 1.89. The maximum Gasteiger partial charge on any atom is 0.248 e. The van der Waals surface area contributed by atoms with Crippen LogP contribution in [0.2, 0.25) is 0 Å². The van der Waals surface area contributed by atoms with E-state index in [2.05, 4.69) is 17.1 Å². The molecule has 0 radical (unpaired) electrons. The van der Waals surface area contributed by atoms with Crippen molar-refractivity contribution in [3.8, 4) is 10.7 Å². The first-order valence-corrected chi connectivity index (χ1v) is 8.71. The number of methoxy groups -OCH3 is 1. The van der Waals surface area contributed by atoms with Crippen molar-refractivity contribution < 1.29 is 9.53 Å². The van der Waals surface area contributed by atoms with Crippen molar-refractivity contribution in [3.63, 3.8) is 0 Å². The minimum atomic E-state index is 0.0749. The van der Waals surface area contributed by atoms with E-state index >= 15 is 0 Å². The number of rotatable bonds is 4. The summed E-state index contributed by atoms with van der Waals surface area (Å²) in [6.45, 7) is 3.71. The van der Waals surface area contributed by atoms with Crippen molar-refractivity contribution in [2.24, 2.45) is 0 Å². The van der Waals surface area contributed by atoms with Crippen LogP contribution in [0.15, 0.2) is 23.6 Å². The highest BCUT2D eigenvalue weighted by Gasteiger charge is 2.24. The Kier molecular flexibility index (Phi) is 5.03. The Hall–Kier alpha value is -1.79. The van der Waals surface area contributed by atoms with Crippen LogP contribution in [0.4, 0.5) is 0 Å². The number of amides is 1. The molecule has 0 aliphatic carbocycles. The van der Waals surface area contributed by atoms with Crippen molar-refractivity contribution in [1.82, 2.24) is 14.9 Å². The van der Waals surface area contributed by atoms with E-state index in [-0.39, 0.29) is 12.5 Å². The number of piperidine rings is 1. The fourth-order valence-corrected chi connectivity index (χ4v) is 3.68. The number of aromatic nitrogens is 2. The van der Waals surface area contributed by atoms with Crippen molar-refractivity contribution in [1.29, 1.82) is 0 Å². The van der Waals surface area contributed by atoms with Gasteiger partial charge in [0.25, 0.3) is 0 Å². The second-order valence-electron chi connectivity index (χ2n) is 5.83. The van der Waals surface area contributed by atoms with Crippen molar-refractivity contribution in [3.05, 3.63) is 35.0 Å². The molecule has 1 saturated heterocycles. The normalized spacial score (nSPS) is 15.8. The zero-order valence-electron chi connectivity index (χ0n) is 13.5. The fraction of sp³-hybridized carbons (Fsp3) is 0.471. The van der Waals surface area contributed by atoms with Gasteiger partial charge >= 0.3 is 0 Å². The number of aryl methyl sites for hydroxylation is 1. The average Bonchev–Trinajstić information content (AvgIpc) is 3.02. The number of pyridine rings is 1. The summed E-state index contributed by atoms with van der Waals surface area (Å²) in [7, 11) is 1.56. The molecule has 122 valence electrons. The highest BCUT2D eigenvalue weighted by atomic mass is 32.1. The van der Waals surface area contributed by atoms with Gasteiger partial charge < -0.3 is 9.64 Å². The number of hydrogen-bond acceptors (Lipinski definition) is 5. The van der Waals surface area contributed by atoms with Gasteiger partial charge in [-0.15, -0.1) is 11.3 Å². The first-order chi connectivity index (χ1) is 11.2. The molecule has 2 aromatic heterocycles. The number of carbonyl (C=O) groups is 1. The smallest absolute Gasteiger partial charge is 0.248 e. The molecule has 1 amide bonds. The third-order valence-corrected chi connectivity index (χ3v) is 5.13. The molecule has 1 aliphatic rings. The Morgan fingerprint density at radius 1 is 1.35 bits per heavy atom. The van der Waals surface area contributed by atoms with Crippen LogP contribution < -0.4 is 0 Å². The van der Waals surface area contributed by atoms with Gasteiger partial charge in [-0.1, -0.05) is 6.07 Å². The molecule has 3 rings (SSSR count). The van der Waals surface area contributed by atoms with E-state index in [4.69, 9.17) is 9.72 Å². The average molecular weight is 331 g/mol. The van der Waals surface area contributed by atoms with E-state index in [1.165, 1.54) is 0 Å². The molecule has 0 N–H and O–H groups in total. The summed E-state index contributed by atoms with van der Waals surface area (Å²) < 4.78 is 4.93. The molecule has 23 heavy (non-hydrogen) atoms. The number of nitrogens with zero attached hydrogens (tertiary/aromatic N) is 3. The summed E-state index contributed by atoms with van der Waals surface area (Å²) in [4.78, 5) is 23.1. The van der Waals surface area contributed by atoms with Gasteiger partial charge in [0.1, 0.15) is 11.6 Å². The molecule has 0 atom stereocenters. The predicted molar refractivity (Wildman–Crippen MR) is 90.5 cm³/mol. The van der Waals surface area contributed by atoms with Crippen LogP contribution in [0, 0.1) is 6.92 Å². The lowest BCUT2D eigenvalue weighted by Crippen LogP contribution is -2.39. The van der Waals surface area contributed by atoms with Gasteiger partial charge in [0, 0.05) is 42.9 Å². The molecular weight excluding hydrogens is 310 g/mol. The van der Waals surface area contributed by atoms with Crippen molar-refractivity contribution in [2.75, 3.05) is 26.8 Å². The number of ether oxygens (including phenoxy) is 1. The summed E-state index contributed by atoms with van der Waals surface area (Å²) in [5.74, 6) is 0.480. The molecule has 0 spiro atoms. The van der Waals surface area contributed by atoms with E-state index in [1.54, 1.807) is 18.4 Å². The topological polar surface area (TPSA) is 55.3 Å². The van der Waals surface area contributed by atoms with Crippen LogP contribution in [0.1, 0.15) is 30.1 Å². The molecule has 0 saturated carbocycles. The van der Waals surface area contributed by atoms with E-state index in [0.717, 1.165) is 48.0 Å². The van der Waals surface area contributed by atoms with Gasteiger partial charge in [0.2, 0.25) is 5.91 Å². The van der Waals surface area contributed by atoms with Crippen LogP contribution >= 0.6 is 11.3 Å². The number of thiazole rings is 1. The van der Waals surface area contributed by atoms with Gasteiger partial charge in [0.05, 0.1) is 5.69 Å². The Balaban J connectivity index is 1.68. The summed E-state index contributed by atoms with van der Waals surface area (Å²) in [5.41, 5.74) is 3.08. The first-order valence-electron chi connectivity index (χ1n) is 7.83. The molecule has 0 unspecified atom stereocenters. The quantitative estimate of drug-likeness (QED) is 0.864. The summed E-state index contributed by atoms with van der Waals surface area (Å²) in [5, 5.41) is 3.01. The highest BCUT2D eigenvalue weighted by Crippen LogP contribution is 2.29. The Morgan fingerprint density at radius 3 is 2.78 bits per heavy atom. The van der Waals surface area contributed by atoms with Crippen LogP contribution in [0.25, 0.3) is 10.7 Å². The predicted octanol–water partition coefficient (Wildman–Crippen LogP) is 2.87. The fourth-order valence-electron chi connectivity index (χ4n) is 2.91. The number of likely N-dealkylation sites (tertiary alicyclic amines) is 1. The minimum absolute atomic E-state index is 0.0749. The lowest BCUT2D eigenvalue weighted by Gasteiger charge is -2.31. The Morgan fingerprint density at radius 2 is 2.13 bits per heavy atom. The van der Waals surface area contributed by atoms with Gasteiger partial charge in [-0.05, 0) is 31.9 Å². The largest absolute Gasteiger partial charge is 0.375 e. The van der Waals surface area contributed by atoms with E-state index in [0.29, 0.717) is 5.92 Å². The van der Waals surface area contributed by atoms with E-state index in [9.17, 15) is 4.79 Å². The van der Waals surface area contributed by atoms with Gasteiger partial charge in [-0.25, -0.2) is 4.98 Å². The SMILES string of the molecule is COCC(=O)N1CCC(c2cccc(-c3nc(C)cs3)n2)CC1. The van der Waals surface area contributed by atoms with Crippen molar-refractivity contribution in [2.45, 2.75) is 25.7 Å². The van der Waals surface area contributed by atoms with Crippen molar-refractivity contribution >= 4 is 17.2 Å². The zero-order chi connectivity index (χ0) is 16.2. The van der Waals surface area contributed by atoms with Crippen LogP contribution in [-0.2, 0) is 9.53 Å². The lowest BCUT2D eigenvalue weighted by molar-refractivity contribution is -0.136. The number of carbonyl (C=O) groups excluding carboxylic acids is 1. The van der Waals surface area contributed by atoms with Crippen LogP contribution in [0.3, 0.4) is 0 Å². The highest BCUT2D eigenvalue weighted by molar-refractivity contribution is 7.13. The molecule has 1 aliphatic heterocycles. The molecule has 0 bridgehead atoms. The van der Waals surface area contributed by atoms with E-state index in [1.807, 2.05) is 23.3 Å². The maximum absolute atomic E-state index is 11.9. The Labute approximate surface area is 140 Å². The summed E-state index contributed by atoms with van der Waals surface area (Å²) >= 11 is 1.63. The van der Waals surface area contributed by atoms with Gasteiger partial charge in [-0.3, -0.25) is 9.78 Å². The molecule has 2 aromatic rings. The van der Waals surface area contributed by atoms with Gasteiger partial charge in [0.15, 0.2) is 0 Å². The molecular formula is C17H21N3O2S. The second kappa shape index (κ2) is 7.19. The number of hydrogen-bond donors (Lipinski definition) is 0. The second-order valence-corrected chi connectivity index (χ2v) is 6.69. The zero-order valence-corrected chi connectivity index (χ0v) is 14.3. The van der Waals surface area contributed by atoms with Crippen LogP contribution in [-0.4, -0.2) is 47.6 Å². The molecule has 0 aromatic carbocycles. The monoisotopic (exact) mass is 331 g/mol. The summed E-state index contributed by atoms with van der Waals surface area (Å²) in [6, 6.07) is 6.15. The molecule has 6 heteroatoms. The van der Waals surface area contributed by atoms with Crippen LogP contribution in [0.5, 0.6) is 0 Å². The standard InChI is InChI=1S/C17H21N3O2S/c1-12-11-23-17(18-12)15-5-3-4-14(19-15)13-6-8-20(9-7-13)16(21)10-22-2/h3-5,11,13H,6-10H2,1-2H3. The molecule has 5 nitrogen and oxygen atoms in total. The third-order valence-electron chi connectivity index (χ3n) is 4.14. The third kappa shape index (κ3) is 3.76. The lowest BCUT2D eigenvalue weighted by atomic mass is 9.93. The van der Waals surface area contributed by atoms with Gasteiger partial charge in [-0.2, -0.15) is 0 Å².